The number of hydrogen-bond acceptors (Lipinski definition) is 15. The SMILES string of the molecule is O=C([O-])CC(=O)OC[C@H]1O[C@@H](Oc2c(-c3ccc([O-])c(O)c3)oc3cc(O)cc(O)c3c2=O)[C@H](O)[C@@H](O)[C@H]1O. The van der Waals surface area contributed by atoms with Crippen molar-refractivity contribution in [1.82, 2.24) is 0 Å². The van der Waals surface area contributed by atoms with E-state index in [4.69, 9.17) is 13.9 Å². The van der Waals surface area contributed by atoms with Crippen molar-refractivity contribution in [3.05, 3.63) is 40.6 Å². The smallest absolute Gasteiger partial charge is 0.311 e. The summed E-state index contributed by atoms with van der Waals surface area (Å²) >= 11 is 0. The second-order valence-corrected chi connectivity index (χ2v) is 8.47. The number of carboxylic acid groups (broad SMARTS) is 1. The molecule has 3 aromatic rings. The topological polar surface area (TPSA) is 260 Å². The number of carbonyl (C=O) groups is 2. The summed E-state index contributed by atoms with van der Waals surface area (Å²) < 4.78 is 21.3. The Kier molecular flexibility index (Phi) is 7.51. The van der Waals surface area contributed by atoms with Crippen molar-refractivity contribution in [1.29, 1.82) is 0 Å². The quantitative estimate of drug-likeness (QED) is 0.132. The standard InChI is InChI=1S/C24H22O15/c25-9-4-12(28)17-13(5-9)37-22(8-1-2-10(26)11(27)3-8)23(19(17)33)39-24-21(35)20(34)18(32)14(38-24)7-36-16(31)6-15(29)30/h1-5,14,18,20-21,24-28,32,34-35H,6-7H2,(H,29,30)/p-2/t14-,18+,20+,21-,24+/m1/s1. The number of aliphatic hydroxyl groups excluding tert-OH is 3. The summed E-state index contributed by atoms with van der Waals surface area (Å²) in [4.78, 5) is 35.5. The molecule has 1 aliphatic rings. The molecule has 1 aliphatic heterocycles. The van der Waals surface area contributed by atoms with Gasteiger partial charge in [0.05, 0.1) is 12.4 Å². The molecule has 1 saturated heterocycles. The zero-order valence-electron chi connectivity index (χ0n) is 19.5. The van der Waals surface area contributed by atoms with Gasteiger partial charge >= 0.3 is 5.97 Å². The zero-order chi connectivity index (χ0) is 28.6. The van der Waals surface area contributed by atoms with Crippen LogP contribution in [0.25, 0.3) is 22.3 Å². The summed E-state index contributed by atoms with van der Waals surface area (Å²) in [6, 6.07) is 4.86. The van der Waals surface area contributed by atoms with E-state index >= 15 is 0 Å². The maximum absolute atomic E-state index is 13.4. The van der Waals surface area contributed by atoms with Gasteiger partial charge in [-0.25, -0.2) is 0 Å². The first-order valence-corrected chi connectivity index (χ1v) is 11.1. The van der Waals surface area contributed by atoms with Gasteiger partial charge in [-0.1, -0.05) is 17.9 Å². The molecule has 6 N–H and O–H groups in total. The Labute approximate surface area is 216 Å². The first-order valence-electron chi connectivity index (χ1n) is 11.1. The van der Waals surface area contributed by atoms with Crippen molar-refractivity contribution in [3.8, 4) is 40.1 Å². The fourth-order valence-electron chi connectivity index (χ4n) is 3.84. The number of phenols is 3. The lowest BCUT2D eigenvalue weighted by atomic mass is 9.99. The van der Waals surface area contributed by atoms with Crippen molar-refractivity contribution in [2.24, 2.45) is 0 Å². The molecule has 15 nitrogen and oxygen atoms in total. The van der Waals surface area contributed by atoms with Crippen LogP contribution in [0.15, 0.2) is 39.5 Å². The molecule has 0 spiro atoms. The minimum absolute atomic E-state index is 0.0948. The summed E-state index contributed by atoms with van der Waals surface area (Å²) in [6.07, 6.45) is -10.5. The number of hydrogen-bond donors (Lipinski definition) is 6. The molecule has 0 amide bonds. The molecule has 0 unspecified atom stereocenters. The number of rotatable bonds is 7. The molecule has 0 bridgehead atoms. The Morgan fingerprint density at radius 2 is 1.69 bits per heavy atom. The van der Waals surface area contributed by atoms with Crippen LogP contribution in [0, 0.1) is 0 Å². The Hall–Kier alpha value is -4.57. The fraction of sp³-hybridized carbons (Fsp3) is 0.292. The van der Waals surface area contributed by atoms with E-state index in [2.05, 4.69) is 4.74 Å². The summed E-state index contributed by atoms with van der Waals surface area (Å²) in [5.74, 6) is -6.87. The molecule has 39 heavy (non-hydrogen) atoms. The lowest BCUT2D eigenvalue weighted by molar-refractivity contribution is -0.305. The Morgan fingerprint density at radius 3 is 2.36 bits per heavy atom. The molecule has 5 atom stereocenters. The predicted molar refractivity (Wildman–Crippen MR) is 120 cm³/mol. The van der Waals surface area contributed by atoms with Gasteiger partial charge in [0.25, 0.3) is 0 Å². The molecule has 1 fully saturated rings. The van der Waals surface area contributed by atoms with Gasteiger partial charge in [0.2, 0.25) is 17.5 Å². The molecule has 0 saturated carbocycles. The van der Waals surface area contributed by atoms with Crippen LogP contribution in [0.5, 0.6) is 28.7 Å². The van der Waals surface area contributed by atoms with Gasteiger partial charge in [0.15, 0.2) is 5.76 Å². The number of ether oxygens (including phenoxy) is 3. The minimum atomic E-state index is -2.01. The highest BCUT2D eigenvalue weighted by Gasteiger charge is 2.46. The van der Waals surface area contributed by atoms with Gasteiger partial charge in [-0.2, -0.15) is 0 Å². The molecule has 2 heterocycles. The first-order chi connectivity index (χ1) is 18.4. The molecule has 0 radical (unpaired) electrons. The molecular weight excluding hydrogens is 528 g/mol. The van der Waals surface area contributed by atoms with Crippen molar-refractivity contribution in [3.63, 3.8) is 0 Å². The number of benzene rings is 2. The van der Waals surface area contributed by atoms with E-state index in [0.29, 0.717) is 0 Å². The number of carboxylic acids is 1. The second-order valence-electron chi connectivity index (χ2n) is 8.47. The minimum Gasteiger partial charge on any atom is -0.870 e. The van der Waals surface area contributed by atoms with Gasteiger partial charge in [-0.15, -0.1) is 0 Å². The lowest BCUT2D eigenvalue weighted by Crippen LogP contribution is -2.60. The number of aliphatic carboxylic acids is 1. The van der Waals surface area contributed by atoms with E-state index < -0.39 is 101 Å². The number of fused-ring (bicyclic) bond motifs is 1. The monoisotopic (exact) mass is 548 g/mol. The molecule has 1 aromatic heterocycles. The highest BCUT2D eigenvalue weighted by atomic mass is 16.7. The number of phenolic OH excluding ortho intramolecular Hbond substituents is 3. The molecule has 0 aliphatic carbocycles. The average molecular weight is 548 g/mol. The van der Waals surface area contributed by atoms with Crippen LogP contribution in [0.3, 0.4) is 0 Å². The fourth-order valence-corrected chi connectivity index (χ4v) is 3.84. The van der Waals surface area contributed by atoms with Crippen LogP contribution in [0.4, 0.5) is 0 Å². The first kappa shape index (κ1) is 27.5. The van der Waals surface area contributed by atoms with Crippen LogP contribution in [-0.2, 0) is 19.1 Å². The van der Waals surface area contributed by atoms with E-state index in [1.807, 2.05) is 0 Å². The van der Waals surface area contributed by atoms with Gasteiger partial charge in [-0.3, -0.25) is 9.59 Å². The third-order valence-electron chi connectivity index (χ3n) is 5.74. The maximum atomic E-state index is 13.4. The third kappa shape index (κ3) is 5.51. The lowest BCUT2D eigenvalue weighted by Gasteiger charge is -2.39. The Bertz CT molecular complexity index is 1480. The second kappa shape index (κ2) is 10.7. The largest absolute Gasteiger partial charge is 0.870 e. The molecule has 2 aromatic carbocycles. The van der Waals surface area contributed by atoms with E-state index in [-0.39, 0.29) is 11.1 Å². The Balaban J connectivity index is 1.76. The van der Waals surface area contributed by atoms with E-state index in [0.717, 1.165) is 30.3 Å². The summed E-state index contributed by atoms with van der Waals surface area (Å²) in [5, 5.41) is 82.7. The van der Waals surface area contributed by atoms with Gasteiger partial charge in [-0.05, 0) is 6.07 Å². The van der Waals surface area contributed by atoms with E-state index in [1.54, 1.807) is 0 Å². The van der Waals surface area contributed by atoms with Gasteiger partial charge in [0.1, 0.15) is 59.2 Å². The summed E-state index contributed by atoms with van der Waals surface area (Å²) in [6.45, 7) is -0.797. The molecule has 208 valence electrons. The zero-order valence-corrected chi connectivity index (χ0v) is 19.5. The van der Waals surface area contributed by atoms with Crippen LogP contribution in [-0.4, -0.2) is 79.9 Å². The van der Waals surface area contributed by atoms with Crippen molar-refractivity contribution in [2.45, 2.75) is 37.1 Å². The molecule has 15 heteroatoms. The summed E-state index contributed by atoms with van der Waals surface area (Å²) in [7, 11) is 0. The average Bonchev–Trinajstić information content (AvgIpc) is 2.85. The molecular formula is C24H20O15-2. The summed E-state index contributed by atoms with van der Waals surface area (Å²) in [5.41, 5.74) is -1.49. The number of esters is 1. The van der Waals surface area contributed by atoms with Crippen LogP contribution >= 0.6 is 0 Å². The van der Waals surface area contributed by atoms with Crippen LogP contribution in [0.2, 0.25) is 0 Å². The van der Waals surface area contributed by atoms with Crippen molar-refractivity contribution >= 4 is 22.9 Å². The number of aliphatic hydroxyl groups is 3. The third-order valence-corrected chi connectivity index (χ3v) is 5.74. The van der Waals surface area contributed by atoms with Crippen LogP contribution < -0.4 is 20.4 Å². The van der Waals surface area contributed by atoms with Crippen molar-refractivity contribution < 1.29 is 69.1 Å². The van der Waals surface area contributed by atoms with Gasteiger partial charge in [0, 0.05) is 17.7 Å². The maximum Gasteiger partial charge on any atom is 0.311 e. The highest BCUT2D eigenvalue weighted by Crippen LogP contribution is 2.39. The van der Waals surface area contributed by atoms with Crippen molar-refractivity contribution in [2.75, 3.05) is 6.61 Å². The number of carbonyl (C=O) groups excluding carboxylic acids is 2. The normalized spacial score (nSPS) is 22.9. The Morgan fingerprint density at radius 1 is 0.974 bits per heavy atom. The van der Waals surface area contributed by atoms with E-state index in [9.17, 15) is 55.2 Å². The molecule has 4 rings (SSSR count). The van der Waals surface area contributed by atoms with Crippen LogP contribution in [0.1, 0.15) is 6.42 Å². The number of aromatic hydroxyl groups is 3. The van der Waals surface area contributed by atoms with E-state index in [1.165, 1.54) is 0 Å². The highest BCUT2D eigenvalue weighted by molar-refractivity contribution is 5.89. The van der Waals surface area contributed by atoms with Gasteiger partial charge < -0.3 is 64.3 Å². The predicted octanol–water partition coefficient (Wildman–Crippen LogP) is -2.48.